The second-order valence-electron chi connectivity index (χ2n) is 3.94. The van der Waals surface area contributed by atoms with Gasteiger partial charge in [0.1, 0.15) is 5.82 Å². The molecule has 0 aliphatic rings. The average molecular weight is 313 g/mol. The second-order valence-corrected chi connectivity index (χ2v) is 5.33. The van der Waals surface area contributed by atoms with Crippen molar-refractivity contribution in [3.8, 4) is 0 Å². The number of nitro benzene ring substituents is 1. The summed E-state index contributed by atoms with van der Waals surface area (Å²) in [7, 11) is -1.87. The van der Waals surface area contributed by atoms with Crippen LogP contribution in [-0.4, -0.2) is 20.2 Å². The smallest absolute Gasteiger partial charge is 0.371 e. The molecule has 1 aromatic carbocycles. The van der Waals surface area contributed by atoms with E-state index in [9.17, 15) is 23.5 Å². The molecular formula is C12H8FNO6S. The highest BCUT2D eigenvalue weighted by molar-refractivity contribution is 7.84. The summed E-state index contributed by atoms with van der Waals surface area (Å²) in [5, 5.41) is 19.4. The maximum absolute atomic E-state index is 13.2. The van der Waals surface area contributed by atoms with E-state index in [-0.39, 0.29) is 22.1 Å². The van der Waals surface area contributed by atoms with Crippen molar-refractivity contribution >= 4 is 22.5 Å². The van der Waals surface area contributed by atoms with Crippen LogP contribution < -0.4 is 0 Å². The Kier molecular flexibility index (Phi) is 4.13. The van der Waals surface area contributed by atoms with Crippen molar-refractivity contribution in [2.24, 2.45) is 0 Å². The van der Waals surface area contributed by atoms with E-state index in [1.54, 1.807) is 0 Å². The summed E-state index contributed by atoms with van der Waals surface area (Å²) in [5.41, 5.74) is -0.429. The van der Waals surface area contributed by atoms with Crippen LogP contribution >= 0.6 is 0 Å². The molecule has 2 aromatic rings. The van der Waals surface area contributed by atoms with Gasteiger partial charge in [0.25, 0.3) is 5.69 Å². The maximum Gasteiger partial charge on any atom is 0.371 e. The lowest BCUT2D eigenvalue weighted by Crippen LogP contribution is -2.01. The van der Waals surface area contributed by atoms with E-state index in [2.05, 4.69) is 0 Å². The SMILES string of the molecule is O=C(O)c1ccc(S(=O)Cc2cc(F)ccc2[N+](=O)[O-])o1. The van der Waals surface area contributed by atoms with Crippen LogP contribution in [0.5, 0.6) is 0 Å². The number of hydrogen-bond acceptors (Lipinski definition) is 5. The van der Waals surface area contributed by atoms with Crippen molar-refractivity contribution in [2.45, 2.75) is 10.8 Å². The maximum atomic E-state index is 13.2. The summed E-state index contributed by atoms with van der Waals surface area (Å²) in [4.78, 5) is 20.8. The Morgan fingerprint density at radius 1 is 1.38 bits per heavy atom. The van der Waals surface area contributed by atoms with Gasteiger partial charge in [-0.2, -0.15) is 0 Å². The molecule has 9 heteroatoms. The number of nitro groups is 1. The largest absolute Gasteiger partial charge is 0.475 e. The van der Waals surface area contributed by atoms with Crippen molar-refractivity contribution in [3.63, 3.8) is 0 Å². The number of nitrogens with zero attached hydrogens (tertiary/aromatic N) is 1. The third-order valence-electron chi connectivity index (χ3n) is 2.54. The summed E-state index contributed by atoms with van der Waals surface area (Å²) in [5.74, 6) is -2.78. The lowest BCUT2D eigenvalue weighted by atomic mass is 10.2. The average Bonchev–Trinajstić information content (AvgIpc) is 2.88. The molecule has 0 spiro atoms. The third-order valence-corrected chi connectivity index (χ3v) is 3.78. The molecule has 1 heterocycles. The lowest BCUT2D eigenvalue weighted by Gasteiger charge is -2.02. The molecule has 0 radical (unpaired) electrons. The van der Waals surface area contributed by atoms with Gasteiger partial charge in [-0.3, -0.25) is 14.3 Å². The Morgan fingerprint density at radius 3 is 2.67 bits per heavy atom. The molecule has 0 aliphatic heterocycles. The molecule has 7 nitrogen and oxygen atoms in total. The Bertz CT molecular complexity index is 741. The molecule has 0 fully saturated rings. The first-order chi connectivity index (χ1) is 9.88. The van der Waals surface area contributed by atoms with Crippen LogP contribution in [0.4, 0.5) is 10.1 Å². The Morgan fingerprint density at radius 2 is 2.10 bits per heavy atom. The number of hydrogen-bond donors (Lipinski definition) is 1. The van der Waals surface area contributed by atoms with Gasteiger partial charge in [-0.1, -0.05) is 0 Å². The minimum atomic E-state index is -1.87. The minimum Gasteiger partial charge on any atom is -0.475 e. The van der Waals surface area contributed by atoms with Gasteiger partial charge in [0.15, 0.2) is 5.09 Å². The molecule has 1 aromatic heterocycles. The van der Waals surface area contributed by atoms with Crippen LogP contribution in [-0.2, 0) is 16.6 Å². The van der Waals surface area contributed by atoms with Gasteiger partial charge >= 0.3 is 5.97 Å². The van der Waals surface area contributed by atoms with E-state index in [0.29, 0.717) is 0 Å². The predicted molar refractivity (Wildman–Crippen MR) is 68.8 cm³/mol. The molecule has 21 heavy (non-hydrogen) atoms. The van der Waals surface area contributed by atoms with Crippen LogP contribution in [0.3, 0.4) is 0 Å². The highest BCUT2D eigenvalue weighted by Gasteiger charge is 2.20. The summed E-state index contributed by atoms with van der Waals surface area (Å²) in [6, 6.07) is 5.14. The van der Waals surface area contributed by atoms with Crippen LogP contribution in [0.1, 0.15) is 16.1 Å². The first-order valence-electron chi connectivity index (χ1n) is 5.53. The monoisotopic (exact) mass is 313 g/mol. The molecule has 0 saturated heterocycles. The molecule has 1 N–H and O–H groups in total. The molecule has 0 aliphatic carbocycles. The van der Waals surface area contributed by atoms with E-state index in [1.807, 2.05) is 0 Å². The number of furan rings is 1. The molecule has 0 bridgehead atoms. The van der Waals surface area contributed by atoms with Gasteiger partial charge in [0.2, 0.25) is 5.76 Å². The summed E-state index contributed by atoms with van der Waals surface area (Å²) < 4.78 is 30.0. The van der Waals surface area contributed by atoms with E-state index in [1.165, 1.54) is 6.07 Å². The Hall–Kier alpha value is -2.55. The highest BCUT2D eigenvalue weighted by atomic mass is 32.2. The van der Waals surface area contributed by atoms with Crippen LogP contribution in [0.15, 0.2) is 39.8 Å². The standard InChI is InChI=1S/C12H8FNO6S/c13-8-1-2-9(14(17)18)7(5-8)6-21(19)11-4-3-10(20-11)12(15)16/h1-5H,6H2,(H,15,16). The van der Waals surface area contributed by atoms with E-state index >= 15 is 0 Å². The van der Waals surface area contributed by atoms with Gasteiger partial charge in [0, 0.05) is 11.6 Å². The number of carbonyl (C=O) groups is 1. The zero-order chi connectivity index (χ0) is 15.6. The van der Waals surface area contributed by atoms with Gasteiger partial charge < -0.3 is 9.52 Å². The summed E-state index contributed by atoms with van der Waals surface area (Å²) in [6.07, 6.45) is 0. The first kappa shape index (κ1) is 14.9. The van der Waals surface area contributed by atoms with Crippen molar-refractivity contribution < 1.29 is 27.8 Å². The summed E-state index contributed by atoms with van der Waals surface area (Å²) in [6.45, 7) is 0. The molecular weight excluding hydrogens is 305 g/mol. The zero-order valence-electron chi connectivity index (χ0n) is 10.3. The molecule has 1 unspecified atom stereocenters. The van der Waals surface area contributed by atoms with Gasteiger partial charge in [-0.25, -0.2) is 9.18 Å². The van der Waals surface area contributed by atoms with Crippen molar-refractivity contribution in [3.05, 3.63) is 57.6 Å². The fraction of sp³-hybridized carbons (Fsp3) is 0.0833. The number of rotatable bonds is 5. The molecule has 2 rings (SSSR count). The number of halogens is 1. The minimum absolute atomic E-state index is 0.0633. The summed E-state index contributed by atoms with van der Waals surface area (Å²) >= 11 is 0. The van der Waals surface area contributed by atoms with E-state index < -0.39 is 33.3 Å². The highest BCUT2D eigenvalue weighted by Crippen LogP contribution is 2.23. The van der Waals surface area contributed by atoms with E-state index in [4.69, 9.17) is 9.52 Å². The van der Waals surface area contributed by atoms with Crippen LogP contribution in [0, 0.1) is 15.9 Å². The van der Waals surface area contributed by atoms with Gasteiger partial charge in [-0.05, 0) is 24.3 Å². The second kappa shape index (κ2) is 5.83. The van der Waals surface area contributed by atoms with Crippen molar-refractivity contribution in [2.75, 3.05) is 0 Å². The molecule has 0 saturated carbocycles. The number of carboxylic acids is 1. The quantitative estimate of drug-likeness (QED) is 0.670. The van der Waals surface area contributed by atoms with E-state index in [0.717, 1.165) is 24.3 Å². The predicted octanol–water partition coefficient (Wildman–Crippen LogP) is 2.33. The number of aromatic carboxylic acids is 1. The number of carboxylic acid groups (broad SMARTS) is 1. The fourth-order valence-electron chi connectivity index (χ4n) is 1.62. The van der Waals surface area contributed by atoms with Crippen LogP contribution in [0.25, 0.3) is 0 Å². The van der Waals surface area contributed by atoms with Crippen molar-refractivity contribution in [1.29, 1.82) is 0 Å². The molecule has 110 valence electrons. The Balaban J connectivity index is 2.28. The van der Waals surface area contributed by atoms with Gasteiger partial charge in [0.05, 0.1) is 21.5 Å². The third kappa shape index (κ3) is 3.31. The molecule has 1 atom stereocenters. The van der Waals surface area contributed by atoms with Crippen LogP contribution in [0.2, 0.25) is 0 Å². The number of benzene rings is 1. The zero-order valence-corrected chi connectivity index (χ0v) is 11.1. The normalized spacial score (nSPS) is 12.0. The lowest BCUT2D eigenvalue weighted by molar-refractivity contribution is -0.385. The Labute approximate surface area is 119 Å². The topological polar surface area (TPSA) is 111 Å². The first-order valence-corrected chi connectivity index (χ1v) is 6.84. The van der Waals surface area contributed by atoms with Gasteiger partial charge in [-0.15, -0.1) is 0 Å². The molecule has 0 amide bonds. The van der Waals surface area contributed by atoms with Crippen molar-refractivity contribution in [1.82, 2.24) is 0 Å². The fourth-order valence-corrected chi connectivity index (χ4v) is 2.68.